The highest BCUT2D eigenvalue weighted by molar-refractivity contribution is 6.10. The Hall–Kier alpha value is -3.23. The Morgan fingerprint density at radius 3 is 2.43 bits per heavy atom. The van der Waals surface area contributed by atoms with Crippen LogP contribution in [0.4, 0.5) is 11.4 Å². The number of carbonyl (C=O) groups is 3. The van der Waals surface area contributed by atoms with Crippen LogP contribution in [0.25, 0.3) is 0 Å². The van der Waals surface area contributed by atoms with E-state index in [9.17, 15) is 14.4 Å². The van der Waals surface area contributed by atoms with Crippen LogP contribution in [0, 0.1) is 6.92 Å². The van der Waals surface area contributed by atoms with E-state index in [0.29, 0.717) is 30.1 Å². The van der Waals surface area contributed by atoms with Crippen molar-refractivity contribution >= 4 is 29.1 Å². The van der Waals surface area contributed by atoms with Crippen LogP contribution in [0.2, 0.25) is 0 Å². The molecule has 2 aromatic carbocycles. The van der Waals surface area contributed by atoms with Gasteiger partial charge in [0, 0.05) is 19.3 Å². The lowest BCUT2D eigenvalue weighted by Gasteiger charge is -2.17. The van der Waals surface area contributed by atoms with E-state index in [0.717, 1.165) is 5.56 Å². The van der Waals surface area contributed by atoms with Crippen molar-refractivity contribution in [2.45, 2.75) is 6.92 Å². The summed E-state index contributed by atoms with van der Waals surface area (Å²) in [6, 6.07) is 14.3. The van der Waals surface area contributed by atoms with Crippen LogP contribution in [0.15, 0.2) is 48.5 Å². The number of rotatable bonds is 10. The third-order valence-corrected chi connectivity index (χ3v) is 4.18. The first-order chi connectivity index (χ1) is 14.4. The zero-order valence-electron chi connectivity index (χ0n) is 17.5. The molecule has 0 heterocycles. The fourth-order valence-electron chi connectivity index (χ4n) is 2.80. The third-order valence-electron chi connectivity index (χ3n) is 4.18. The minimum absolute atomic E-state index is 0.00549. The van der Waals surface area contributed by atoms with E-state index in [2.05, 4.69) is 16.0 Å². The number of methoxy groups -OCH3 is 1. The van der Waals surface area contributed by atoms with Gasteiger partial charge in [0.25, 0.3) is 5.91 Å². The predicted octanol–water partition coefficient (Wildman–Crippen LogP) is 1.88. The maximum absolute atomic E-state index is 12.7. The molecule has 8 nitrogen and oxygen atoms in total. The number of nitrogens with one attached hydrogen (secondary N) is 3. The topological polar surface area (TPSA) is 99.8 Å². The van der Waals surface area contributed by atoms with Crippen LogP contribution in [-0.2, 0) is 14.3 Å². The molecule has 0 unspecified atom stereocenters. The SMILES string of the molecule is COCCNC(=O)CN(C)CC(=O)Nc1ccccc1C(=O)Nc1cccc(C)c1. The molecule has 0 bridgehead atoms. The molecule has 0 aliphatic carbocycles. The molecule has 3 N–H and O–H groups in total. The van der Waals surface area contributed by atoms with Crippen molar-refractivity contribution in [1.82, 2.24) is 10.2 Å². The van der Waals surface area contributed by atoms with Gasteiger partial charge in [-0.25, -0.2) is 0 Å². The second kappa shape index (κ2) is 11.7. The average Bonchev–Trinajstić information content (AvgIpc) is 2.68. The normalized spacial score (nSPS) is 10.5. The largest absolute Gasteiger partial charge is 0.383 e. The Morgan fingerprint density at radius 1 is 0.967 bits per heavy atom. The van der Waals surface area contributed by atoms with Crippen LogP contribution in [0.1, 0.15) is 15.9 Å². The molecule has 160 valence electrons. The number of ether oxygens (including phenoxy) is 1. The van der Waals surface area contributed by atoms with Crippen LogP contribution in [-0.4, -0.2) is 63.0 Å². The summed E-state index contributed by atoms with van der Waals surface area (Å²) in [6.07, 6.45) is 0. The first-order valence-corrected chi connectivity index (χ1v) is 9.60. The van der Waals surface area contributed by atoms with Gasteiger partial charge >= 0.3 is 0 Å². The highest BCUT2D eigenvalue weighted by atomic mass is 16.5. The Bertz CT molecular complexity index is 885. The summed E-state index contributed by atoms with van der Waals surface area (Å²) in [6.45, 7) is 2.87. The molecule has 2 aromatic rings. The van der Waals surface area contributed by atoms with Crippen molar-refractivity contribution in [3.8, 4) is 0 Å². The number of likely N-dealkylation sites (N-methyl/N-ethyl adjacent to an activating group) is 1. The van der Waals surface area contributed by atoms with Gasteiger partial charge in [0.2, 0.25) is 11.8 Å². The number of carbonyl (C=O) groups excluding carboxylic acids is 3. The molecular formula is C22H28N4O4. The van der Waals surface area contributed by atoms with E-state index in [1.54, 1.807) is 49.4 Å². The van der Waals surface area contributed by atoms with Crippen molar-refractivity contribution in [2.24, 2.45) is 0 Å². The Morgan fingerprint density at radius 2 is 1.70 bits per heavy atom. The van der Waals surface area contributed by atoms with Gasteiger partial charge in [0.05, 0.1) is 30.9 Å². The van der Waals surface area contributed by atoms with Crippen molar-refractivity contribution < 1.29 is 19.1 Å². The fraction of sp³-hybridized carbons (Fsp3) is 0.318. The molecule has 3 amide bonds. The number of hydrogen-bond donors (Lipinski definition) is 3. The standard InChI is InChI=1S/C22H28N4O4/c1-16-7-6-8-17(13-16)24-22(29)18-9-4-5-10-19(18)25-21(28)15-26(2)14-20(27)23-11-12-30-3/h4-10,13H,11-12,14-15H2,1-3H3,(H,23,27)(H,24,29)(H,25,28). The summed E-state index contributed by atoms with van der Waals surface area (Å²) in [4.78, 5) is 38.5. The number of para-hydroxylation sites is 1. The van der Waals surface area contributed by atoms with E-state index in [-0.39, 0.29) is 30.8 Å². The van der Waals surface area contributed by atoms with E-state index in [1.165, 1.54) is 0 Å². The highest BCUT2D eigenvalue weighted by Crippen LogP contribution is 2.18. The second-order valence-corrected chi connectivity index (χ2v) is 6.93. The molecule has 0 aliphatic heterocycles. The number of amides is 3. The van der Waals surface area contributed by atoms with Gasteiger partial charge in [-0.3, -0.25) is 19.3 Å². The molecular weight excluding hydrogens is 384 g/mol. The Labute approximate surface area is 176 Å². The predicted molar refractivity (Wildman–Crippen MR) is 117 cm³/mol. The molecule has 8 heteroatoms. The van der Waals surface area contributed by atoms with Crippen molar-refractivity contribution in [1.29, 1.82) is 0 Å². The zero-order chi connectivity index (χ0) is 21.9. The molecule has 30 heavy (non-hydrogen) atoms. The molecule has 0 aliphatic rings. The molecule has 0 fully saturated rings. The lowest BCUT2D eigenvalue weighted by molar-refractivity contribution is -0.123. The number of aryl methyl sites for hydroxylation is 1. The van der Waals surface area contributed by atoms with Crippen LogP contribution >= 0.6 is 0 Å². The molecule has 0 aromatic heterocycles. The van der Waals surface area contributed by atoms with E-state index in [4.69, 9.17) is 4.74 Å². The van der Waals surface area contributed by atoms with Crippen molar-refractivity contribution in [3.63, 3.8) is 0 Å². The first-order valence-electron chi connectivity index (χ1n) is 9.60. The van der Waals surface area contributed by atoms with Gasteiger partial charge in [-0.1, -0.05) is 24.3 Å². The van der Waals surface area contributed by atoms with Crippen LogP contribution < -0.4 is 16.0 Å². The highest BCUT2D eigenvalue weighted by Gasteiger charge is 2.15. The van der Waals surface area contributed by atoms with E-state index >= 15 is 0 Å². The summed E-state index contributed by atoms with van der Waals surface area (Å²) >= 11 is 0. The number of anilines is 2. The number of benzene rings is 2. The summed E-state index contributed by atoms with van der Waals surface area (Å²) in [5.41, 5.74) is 2.47. The summed E-state index contributed by atoms with van der Waals surface area (Å²) in [5, 5.41) is 8.29. The second-order valence-electron chi connectivity index (χ2n) is 6.93. The summed E-state index contributed by atoms with van der Waals surface area (Å²) in [5.74, 6) is -0.833. The maximum atomic E-state index is 12.7. The third kappa shape index (κ3) is 7.65. The van der Waals surface area contributed by atoms with Gasteiger partial charge in [-0.15, -0.1) is 0 Å². The average molecular weight is 412 g/mol. The quantitative estimate of drug-likeness (QED) is 0.518. The Kier molecular flexibility index (Phi) is 8.99. The maximum Gasteiger partial charge on any atom is 0.257 e. The van der Waals surface area contributed by atoms with E-state index < -0.39 is 0 Å². The van der Waals surface area contributed by atoms with Crippen molar-refractivity contribution in [2.75, 3.05) is 51.0 Å². The fourth-order valence-corrected chi connectivity index (χ4v) is 2.80. The minimum atomic E-state index is -0.321. The van der Waals surface area contributed by atoms with Gasteiger partial charge in [-0.2, -0.15) is 0 Å². The summed E-state index contributed by atoms with van der Waals surface area (Å²) < 4.78 is 4.88. The first kappa shape index (κ1) is 23.1. The van der Waals surface area contributed by atoms with Crippen LogP contribution in [0.5, 0.6) is 0 Å². The van der Waals surface area contributed by atoms with Gasteiger partial charge in [-0.05, 0) is 43.8 Å². The molecule has 0 saturated heterocycles. The molecule has 0 radical (unpaired) electrons. The monoisotopic (exact) mass is 412 g/mol. The van der Waals surface area contributed by atoms with Gasteiger partial charge < -0.3 is 20.7 Å². The summed E-state index contributed by atoms with van der Waals surface area (Å²) in [7, 11) is 3.23. The zero-order valence-corrected chi connectivity index (χ0v) is 17.5. The van der Waals surface area contributed by atoms with E-state index in [1.807, 2.05) is 25.1 Å². The smallest absolute Gasteiger partial charge is 0.257 e. The number of hydrogen-bond acceptors (Lipinski definition) is 5. The lowest BCUT2D eigenvalue weighted by atomic mass is 10.1. The van der Waals surface area contributed by atoms with Crippen LogP contribution in [0.3, 0.4) is 0 Å². The molecule has 2 rings (SSSR count). The molecule has 0 saturated carbocycles. The lowest BCUT2D eigenvalue weighted by Crippen LogP contribution is -2.39. The minimum Gasteiger partial charge on any atom is -0.383 e. The van der Waals surface area contributed by atoms with Gasteiger partial charge in [0.1, 0.15) is 0 Å². The molecule has 0 atom stereocenters. The number of nitrogens with zero attached hydrogens (tertiary/aromatic N) is 1. The van der Waals surface area contributed by atoms with Crippen molar-refractivity contribution in [3.05, 3.63) is 59.7 Å². The molecule has 0 spiro atoms. The van der Waals surface area contributed by atoms with Gasteiger partial charge in [0.15, 0.2) is 0 Å². The Balaban J connectivity index is 1.94.